The molecule has 5 fully saturated rings. The Bertz CT molecular complexity index is 690. The second-order valence-corrected chi connectivity index (χ2v) is 10.1. The Balaban J connectivity index is 1.53. The highest BCUT2D eigenvalue weighted by Crippen LogP contribution is 2.76. The fourth-order valence-corrected chi connectivity index (χ4v) is 8.10. The lowest BCUT2D eigenvalue weighted by atomic mass is 9.44. The lowest BCUT2D eigenvalue weighted by Crippen LogP contribution is -2.63. The van der Waals surface area contributed by atoms with Gasteiger partial charge in [0.2, 0.25) is 0 Å². The average molecular weight is 362 g/mol. The lowest BCUT2D eigenvalue weighted by Gasteiger charge is -2.58. The second-order valence-electron chi connectivity index (χ2n) is 10.1. The first-order valence-electron chi connectivity index (χ1n) is 10.3. The van der Waals surface area contributed by atoms with Crippen molar-refractivity contribution in [1.29, 1.82) is 0 Å². The standard InChI is InChI=1S/C21H30O5/c1-18-7-5-13(23)9-12(18)3-4-15-14-6-8-20(25,16(24)11-22)19(14,2)10-17-21(15,18)26-17/h12,14-15,17,22,25H,3-11H2,1-2H3/t12-,14-,15-,17?,18-,19-,20-,21-/m0/s1. The summed E-state index contributed by atoms with van der Waals surface area (Å²) in [6, 6.07) is 0. The molecular weight excluding hydrogens is 332 g/mol. The van der Waals surface area contributed by atoms with Crippen LogP contribution in [0.15, 0.2) is 0 Å². The number of hydrogen-bond donors (Lipinski definition) is 2. The van der Waals surface area contributed by atoms with Gasteiger partial charge in [-0.3, -0.25) is 9.59 Å². The monoisotopic (exact) mass is 362 g/mol. The molecule has 0 radical (unpaired) electrons. The number of ether oxygens (including phenoxy) is 1. The van der Waals surface area contributed by atoms with Gasteiger partial charge in [0.05, 0.1) is 6.10 Å². The molecule has 26 heavy (non-hydrogen) atoms. The van der Waals surface area contributed by atoms with E-state index in [9.17, 15) is 19.8 Å². The number of aliphatic hydroxyl groups is 2. The van der Waals surface area contributed by atoms with Crippen LogP contribution in [-0.4, -0.2) is 45.7 Å². The zero-order chi connectivity index (χ0) is 18.5. The Morgan fingerprint density at radius 3 is 2.65 bits per heavy atom. The molecule has 5 nitrogen and oxygen atoms in total. The van der Waals surface area contributed by atoms with Crippen LogP contribution in [0.2, 0.25) is 0 Å². The number of ketones is 2. The quantitative estimate of drug-likeness (QED) is 0.734. The molecule has 0 amide bonds. The first kappa shape index (κ1) is 17.3. The molecule has 4 aliphatic carbocycles. The van der Waals surface area contributed by atoms with E-state index in [-0.39, 0.29) is 23.0 Å². The molecule has 1 saturated heterocycles. The van der Waals surface area contributed by atoms with Crippen LogP contribution < -0.4 is 0 Å². The molecule has 5 rings (SSSR count). The van der Waals surface area contributed by atoms with Gasteiger partial charge in [0, 0.05) is 23.7 Å². The summed E-state index contributed by atoms with van der Waals surface area (Å²) >= 11 is 0. The molecule has 1 aliphatic heterocycles. The van der Waals surface area contributed by atoms with Crippen molar-refractivity contribution >= 4 is 11.6 Å². The van der Waals surface area contributed by atoms with Crippen molar-refractivity contribution in [2.45, 2.75) is 82.5 Å². The molecule has 144 valence electrons. The minimum absolute atomic E-state index is 0.0392. The number of rotatable bonds is 2. The van der Waals surface area contributed by atoms with Gasteiger partial charge in [0.25, 0.3) is 0 Å². The first-order valence-corrected chi connectivity index (χ1v) is 10.3. The van der Waals surface area contributed by atoms with Crippen LogP contribution in [-0.2, 0) is 14.3 Å². The van der Waals surface area contributed by atoms with Gasteiger partial charge in [-0.05, 0) is 56.3 Å². The number of fused-ring (bicyclic) bond motifs is 3. The van der Waals surface area contributed by atoms with Crippen molar-refractivity contribution in [3.63, 3.8) is 0 Å². The van der Waals surface area contributed by atoms with E-state index in [0.717, 1.165) is 25.7 Å². The van der Waals surface area contributed by atoms with Crippen LogP contribution in [0.25, 0.3) is 0 Å². The number of Topliss-reactive ketones (excluding diaryl/α,β-unsaturated/α-hetero) is 2. The summed E-state index contributed by atoms with van der Waals surface area (Å²) in [4.78, 5) is 24.5. The largest absolute Gasteiger partial charge is 0.388 e. The van der Waals surface area contributed by atoms with Crippen LogP contribution in [0.5, 0.6) is 0 Å². The van der Waals surface area contributed by atoms with Crippen LogP contribution in [0.3, 0.4) is 0 Å². The van der Waals surface area contributed by atoms with Crippen LogP contribution in [0.1, 0.15) is 65.2 Å². The Labute approximate surface area is 154 Å². The van der Waals surface area contributed by atoms with Crippen molar-refractivity contribution in [3.05, 3.63) is 0 Å². The van der Waals surface area contributed by atoms with Crippen molar-refractivity contribution in [2.75, 3.05) is 6.61 Å². The summed E-state index contributed by atoms with van der Waals surface area (Å²) in [5.74, 6) is 0.967. The van der Waals surface area contributed by atoms with E-state index in [0.29, 0.717) is 43.3 Å². The molecule has 8 atom stereocenters. The Hall–Kier alpha value is -0.780. The summed E-state index contributed by atoms with van der Waals surface area (Å²) in [7, 11) is 0. The van der Waals surface area contributed by atoms with Gasteiger partial charge in [-0.25, -0.2) is 0 Å². The SMILES string of the molecule is C[C@]12CCC(=O)C[C@@H]1CC[C@H]1[C@@H]3CC[C@](O)(C(=O)CO)[C@@]3(C)CC3O[C@]312. The van der Waals surface area contributed by atoms with Gasteiger partial charge in [-0.15, -0.1) is 0 Å². The molecule has 2 N–H and O–H groups in total. The predicted molar refractivity (Wildman–Crippen MR) is 93.3 cm³/mol. The van der Waals surface area contributed by atoms with E-state index in [1.54, 1.807) is 0 Å². The molecule has 0 aromatic rings. The van der Waals surface area contributed by atoms with Gasteiger partial charge in [0.1, 0.15) is 23.6 Å². The second kappa shape index (κ2) is 4.98. The highest BCUT2D eigenvalue weighted by molar-refractivity contribution is 5.89. The maximum absolute atomic E-state index is 12.4. The van der Waals surface area contributed by atoms with Crippen LogP contribution in [0, 0.1) is 28.6 Å². The minimum atomic E-state index is -1.43. The molecule has 5 heteroatoms. The summed E-state index contributed by atoms with van der Waals surface area (Å²) in [5, 5.41) is 20.7. The van der Waals surface area contributed by atoms with Gasteiger partial charge in [-0.1, -0.05) is 13.8 Å². The Kier molecular flexibility index (Phi) is 3.32. The highest BCUT2D eigenvalue weighted by atomic mass is 16.6. The number of carbonyl (C=O) groups excluding carboxylic acids is 2. The number of carbonyl (C=O) groups is 2. The van der Waals surface area contributed by atoms with Crippen LogP contribution >= 0.6 is 0 Å². The summed E-state index contributed by atoms with van der Waals surface area (Å²) in [6.45, 7) is 3.78. The molecule has 0 aromatic heterocycles. The number of aliphatic hydroxyl groups excluding tert-OH is 1. The van der Waals surface area contributed by atoms with E-state index in [1.807, 2.05) is 6.92 Å². The van der Waals surface area contributed by atoms with Crippen molar-refractivity contribution < 1.29 is 24.5 Å². The topological polar surface area (TPSA) is 87.1 Å². The summed E-state index contributed by atoms with van der Waals surface area (Å²) < 4.78 is 6.49. The molecule has 4 saturated carbocycles. The molecule has 1 spiro atoms. The average Bonchev–Trinajstić information content (AvgIpc) is 3.27. The van der Waals surface area contributed by atoms with E-state index in [1.165, 1.54) is 0 Å². The maximum Gasteiger partial charge on any atom is 0.190 e. The summed E-state index contributed by atoms with van der Waals surface area (Å²) in [6.07, 6.45) is 6.36. The third-order valence-electron chi connectivity index (χ3n) is 9.61. The van der Waals surface area contributed by atoms with Crippen molar-refractivity contribution in [2.24, 2.45) is 28.6 Å². The fraction of sp³-hybridized carbons (Fsp3) is 0.905. The van der Waals surface area contributed by atoms with E-state index < -0.39 is 23.4 Å². The molecule has 0 bridgehead atoms. The Morgan fingerprint density at radius 1 is 1.15 bits per heavy atom. The molecule has 0 aromatic carbocycles. The number of epoxide rings is 1. The third kappa shape index (κ3) is 1.70. The predicted octanol–water partition coefficient (Wildman–Crippen LogP) is 2.02. The molecule has 5 aliphatic rings. The maximum atomic E-state index is 12.4. The van der Waals surface area contributed by atoms with Crippen molar-refractivity contribution in [3.8, 4) is 0 Å². The van der Waals surface area contributed by atoms with E-state index in [4.69, 9.17) is 4.74 Å². The molecule has 1 unspecified atom stereocenters. The molecule has 1 heterocycles. The van der Waals surface area contributed by atoms with Crippen molar-refractivity contribution in [1.82, 2.24) is 0 Å². The zero-order valence-corrected chi connectivity index (χ0v) is 15.8. The number of hydrogen-bond acceptors (Lipinski definition) is 5. The third-order valence-corrected chi connectivity index (χ3v) is 9.61. The normalized spacial score (nSPS) is 57.6. The van der Waals surface area contributed by atoms with E-state index in [2.05, 4.69) is 6.92 Å². The lowest BCUT2D eigenvalue weighted by molar-refractivity contribution is -0.165. The first-order chi connectivity index (χ1) is 12.2. The summed E-state index contributed by atoms with van der Waals surface area (Å²) in [5.41, 5.74) is -2.06. The fourth-order valence-electron chi connectivity index (χ4n) is 8.10. The van der Waals surface area contributed by atoms with Gasteiger partial charge in [-0.2, -0.15) is 0 Å². The zero-order valence-electron chi connectivity index (χ0n) is 15.8. The smallest absolute Gasteiger partial charge is 0.190 e. The van der Waals surface area contributed by atoms with Gasteiger partial charge >= 0.3 is 0 Å². The molecular formula is C21H30O5. The highest BCUT2D eigenvalue weighted by Gasteiger charge is 2.81. The van der Waals surface area contributed by atoms with Gasteiger partial charge in [0.15, 0.2) is 5.78 Å². The van der Waals surface area contributed by atoms with Crippen LogP contribution in [0.4, 0.5) is 0 Å². The van der Waals surface area contributed by atoms with Gasteiger partial charge < -0.3 is 14.9 Å². The minimum Gasteiger partial charge on any atom is -0.388 e. The Morgan fingerprint density at radius 2 is 1.92 bits per heavy atom. The van der Waals surface area contributed by atoms with E-state index >= 15 is 0 Å².